The summed E-state index contributed by atoms with van der Waals surface area (Å²) in [6.07, 6.45) is -4.41. The van der Waals surface area contributed by atoms with Gasteiger partial charge in [0.05, 0.1) is 18.4 Å². The maximum Gasteiger partial charge on any atom is 0.394 e. The Morgan fingerprint density at radius 3 is 2.50 bits per heavy atom. The molecule has 0 aromatic carbocycles. The zero-order valence-corrected chi connectivity index (χ0v) is 6.06. The van der Waals surface area contributed by atoms with E-state index in [4.69, 9.17) is 5.11 Å². The average Bonchev–Trinajstić information content (AvgIpc) is 2.29. The molecule has 70 valence electrons. The molecule has 2 N–H and O–H groups in total. The molecule has 2 atom stereocenters. The molecule has 12 heavy (non-hydrogen) atoms. The summed E-state index contributed by atoms with van der Waals surface area (Å²) < 4.78 is 36.2. The van der Waals surface area contributed by atoms with Crippen LogP contribution < -0.4 is 5.32 Å². The number of carbonyl (C=O) groups excluding carboxylic acids is 1. The lowest BCUT2D eigenvalue weighted by molar-refractivity contribution is -0.183. The van der Waals surface area contributed by atoms with Gasteiger partial charge in [-0.25, -0.2) is 0 Å². The molecule has 1 aliphatic rings. The van der Waals surface area contributed by atoms with Gasteiger partial charge in [0.1, 0.15) is 0 Å². The van der Waals surface area contributed by atoms with Crippen molar-refractivity contribution in [1.29, 1.82) is 0 Å². The van der Waals surface area contributed by atoms with E-state index in [1.807, 2.05) is 0 Å². The number of amides is 1. The van der Waals surface area contributed by atoms with E-state index >= 15 is 0 Å². The molecule has 1 amide bonds. The van der Waals surface area contributed by atoms with E-state index in [-0.39, 0.29) is 0 Å². The Balaban J connectivity index is 2.73. The van der Waals surface area contributed by atoms with Crippen molar-refractivity contribution in [2.45, 2.75) is 6.18 Å². The summed E-state index contributed by atoms with van der Waals surface area (Å²) in [5.41, 5.74) is 0. The molecule has 6 heteroatoms. The minimum atomic E-state index is -4.41. The molecule has 0 spiro atoms. The third kappa shape index (κ3) is 1.52. The van der Waals surface area contributed by atoms with Crippen LogP contribution in [0.4, 0.5) is 13.2 Å². The van der Waals surface area contributed by atoms with Crippen molar-refractivity contribution in [1.82, 2.24) is 5.32 Å². The highest BCUT2D eigenvalue weighted by Gasteiger charge is 2.50. The number of nitrogens with one attached hydrogen (secondary N) is 1. The molecular formula is C6H8F3NO2. The van der Waals surface area contributed by atoms with E-state index < -0.39 is 37.1 Å². The van der Waals surface area contributed by atoms with E-state index in [0.29, 0.717) is 0 Å². The van der Waals surface area contributed by atoms with Gasteiger partial charge < -0.3 is 10.4 Å². The molecule has 1 rings (SSSR count). The normalized spacial score (nSPS) is 30.5. The lowest BCUT2D eigenvalue weighted by Gasteiger charge is -2.17. The van der Waals surface area contributed by atoms with Crippen LogP contribution in [0.15, 0.2) is 0 Å². The van der Waals surface area contributed by atoms with Crippen LogP contribution >= 0.6 is 0 Å². The Morgan fingerprint density at radius 2 is 2.17 bits per heavy atom. The van der Waals surface area contributed by atoms with Crippen LogP contribution in [-0.2, 0) is 4.79 Å². The number of halogens is 3. The lowest BCUT2D eigenvalue weighted by atomic mass is 9.96. The molecule has 0 bridgehead atoms. The van der Waals surface area contributed by atoms with Crippen LogP contribution in [-0.4, -0.2) is 30.3 Å². The number of aliphatic hydroxyl groups excluding tert-OH is 1. The van der Waals surface area contributed by atoms with Crippen LogP contribution in [0.25, 0.3) is 0 Å². The van der Waals surface area contributed by atoms with E-state index in [2.05, 4.69) is 5.32 Å². The molecule has 0 saturated carbocycles. The SMILES string of the molecule is O=C1NCC(C(F)(F)F)C1CO. The standard InChI is InChI=1S/C6H8F3NO2/c7-6(8,9)4-1-10-5(12)3(4)2-11/h3-4,11H,1-2H2,(H,10,12). The topological polar surface area (TPSA) is 49.3 Å². The first kappa shape index (κ1) is 9.31. The van der Waals surface area contributed by atoms with Gasteiger partial charge in [0.25, 0.3) is 0 Å². The second kappa shape index (κ2) is 2.93. The first-order valence-corrected chi connectivity index (χ1v) is 3.42. The largest absolute Gasteiger partial charge is 0.396 e. The van der Waals surface area contributed by atoms with Crippen molar-refractivity contribution in [2.75, 3.05) is 13.2 Å². The zero-order chi connectivity index (χ0) is 9.35. The molecule has 0 aromatic rings. The van der Waals surface area contributed by atoms with Crippen molar-refractivity contribution in [2.24, 2.45) is 11.8 Å². The summed E-state index contributed by atoms with van der Waals surface area (Å²) in [7, 11) is 0. The van der Waals surface area contributed by atoms with Gasteiger partial charge in [-0.3, -0.25) is 4.79 Å². The average molecular weight is 183 g/mol. The van der Waals surface area contributed by atoms with Gasteiger partial charge >= 0.3 is 6.18 Å². The molecule has 2 unspecified atom stereocenters. The Hall–Kier alpha value is -0.780. The summed E-state index contributed by atoms with van der Waals surface area (Å²) in [6, 6.07) is 0. The Morgan fingerprint density at radius 1 is 1.58 bits per heavy atom. The van der Waals surface area contributed by atoms with Gasteiger partial charge in [-0.05, 0) is 0 Å². The molecule has 0 radical (unpaired) electrons. The highest BCUT2D eigenvalue weighted by molar-refractivity contribution is 5.81. The Labute approximate surface area is 66.6 Å². The third-order valence-corrected chi connectivity index (χ3v) is 1.94. The van der Waals surface area contributed by atoms with E-state index in [1.165, 1.54) is 0 Å². The molecule has 1 saturated heterocycles. The van der Waals surface area contributed by atoms with Gasteiger partial charge in [0.2, 0.25) is 5.91 Å². The monoisotopic (exact) mass is 183 g/mol. The summed E-state index contributed by atoms with van der Waals surface area (Å²) in [6.45, 7) is -1.18. The summed E-state index contributed by atoms with van der Waals surface area (Å²) >= 11 is 0. The summed E-state index contributed by atoms with van der Waals surface area (Å²) in [5.74, 6) is -3.79. The Bertz CT molecular complexity index is 192. The highest BCUT2D eigenvalue weighted by atomic mass is 19.4. The fourth-order valence-electron chi connectivity index (χ4n) is 1.22. The number of alkyl halides is 3. The molecule has 1 fully saturated rings. The van der Waals surface area contributed by atoms with Gasteiger partial charge in [-0.2, -0.15) is 13.2 Å². The molecule has 1 aliphatic heterocycles. The van der Waals surface area contributed by atoms with Gasteiger partial charge in [-0.15, -0.1) is 0 Å². The van der Waals surface area contributed by atoms with Crippen LogP contribution in [0.3, 0.4) is 0 Å². The second-order valence-electron chi connectivity index (χ2n) is 2.68. The zero-order valence-electron chi connectivity index (χ0n) is 6.06. The van der Waals surface area contributed by atoms with Crippen molar-refractivity contribution >= 4 is 5.91 Å². The van der Waals surface area contributed by atoms with Gasteiger partial charge in [0.15, 0.2) is 0 Å². The molecule has 1 heterocycles. The van der Waals surface area contributed by atoms with E-state index in [0.717, 1.165) is 0 Å². The van der Waals surface area contributed by atoms with Crippen LogP contribution in [0, 0.1) is 11.8 Å². The van der Waals surface area contributed by atoms with Gasteiger partial charge in [0, 0.05) is 6.54 Å². The second-order valence-corrected chi connectivity index (χ2v) is 2.68. The first-order chi connectivity index (χ1) is 5.46. The summed E-state index contributed by atoms with van der Waals surface area (Å²) in [4.78, 5) is 10.7. The molecule has 3 nitrogen and oxygen atoms in total. The fraction of sp³-hybridized carbons (Fsp3) is 0.833. The maximum absolute atomic E-state index is 12.1. The number of hydrogen-bond donors (Lipinski definition) is 2. The predicted molar refractivity (Wildman–Crippen MR) is 33.1 cm³/mol. The molecule has 0 aromatic heterocycles. The number of hydrogen-bond acceptors (Lipinski definition) is 2. The first-order valence-electron chi connectivity index (χ1n) is 3.42. The van der Waals surface area contributed by atoms with E-state index in [9.17, 15) is 18.0 Å². The van der Waals surface area contributed by atoms with Crippen molar-refractivity contribution in [3.63, 3.8) is 0 Å². The van der Waals surface area contributed by atoms with Gasteiger partial charge in [-0.1, -0.05) is 0 Å². The lowest BCUT2D eigenvalue weighted by Crippen LogP contribution is -2.32. The fourth-order valence-corrected chi connectivity index (χ4v) is 1.22. The summed E-state index contributed by atoms with van der Waals surface area (Å²) in [5, 5.41) is 10.6. The number of rotatable bonds is 1. The smallest absolute Gasteiger partial charge is 0.394 e. The highest BCUT2D eigenvalue weighted by Crippen LogP contribution is 2.34. The van der Waals surface area contributed by atoms with Crippen LogP contribution in [0.1, 0.15) is 0 Å². The quantitative estimate of drug-likeness (QED) is 0.596. The molecule has 0 aliphatic carbocycles. The third-order valence-electron chi connectivity index (χ3n) is 1.94. The van der Waals surface area contributed by atoms with E-state index in [1.54, 1.807) is 0 Å². The van der Waals surface area contributed by atoms with Crippen LogP contribution in [0.5, 0.6) is 0 Å². The molecular weight excluding hydrogens is 175 g/mol. The number of carbonyl (C=O) groups is 1. The minimum absolute atomic E-state index is 0.423. The van der Waals surface area contributed by atoms with Crippen LogP contribution in [0.2, 0.25) is 0 Å². The minimum Gasteiger partial charge on any atom is -0.396 e. The predicted octanol–water partition coefficient (Wildman–Crippen LogP) is -0.0968. The van der Waals surface area contributed by atoms with Crippen molar-refractivity contribution in [3.05, 3.63) is 0 Å². The Kier molecular flexibility index (Phi) is 2.27. The maximum atomic E-state index is 12.1. The number of aliphatic hydroxyl groups is 1. The van der Waals surface area contributed by atoms with Crippen molar-refractivity contribution in [3.8, 4) is 0 Å². The van der Waals surface area contributed by atoms with Crippen molar-refractivity contribution < 1.29 is 23.1 Å².